The van der Waals surface area contributed by atoms with Crippen molar-refractivity contribution < 1.29 is 4.39 Å². The van der Waals surface area contributed by atoms with Crippen LogP contribution >= 0.6 is 38.9 Å². The molecule has 1 N–H and O–H groups in total. The molecule has 1 aromatic heterocycles. The molecule has 0 spiro atoms. The van der Waals surface area contributed by atoms with Crippen LogP contribution in [0.1, 0.15) is 17.8 Å². The van der Waals surface area contributed by atoms with Crippen LogP contribution in [0.15, 0.2) is 34.1 Å². The molecule has 5 heteroatoms. The predicted octanol–water partition coefficient (Wildman–Crippen LogP) is 5.48. The Kier molecular flexibility index (Phi) is 4.07. The van der Waals surface area contributed by atoms with Gasteiger partial charge in [0.2, 0.25) is 0 Å². The third-order valence-electron chi connectivity index (χ3n) is 2.36. The lowest BCUT2D eigenvalue weighted by atomic mass is 10.2. The van der Waals surface area contributed by atoms with Crippen molar-refractivity contribution in [3.63, 3.8) is 0 Å². The van der Waals surface area contributed by atoms with Gasteiger partial charge in [0.25, 0.3) is 0 Å². The highest BCUT2D eigenvalue weighted by atomic mass is 79.9. The highest BCUT2D eigenvalue weighted by molar-refractivity contribution is 9.10. The van der Waals surface area contributed by atoms with Crippen LogP contribution in [0.25, 0.3) is 0 Å². The quantitative estimate of drug-likeness (QED) is 0.784. The number of para-hydroxylation sites is 1. The Bertz CT molecular complexity index is 509. The van der Waals surface area contributed by atoms with Crippen molar-refractivity contribution in [1.29, 1.82) is 0 Å². The molecule has 0 radical (unpaired) electrons. The Balaban J connectivity index is 2.25. The second kappa shape index (κ2) is 5.38. The lowest BCUT2D eigenvalue weighted by molar-refractivity contribution is 0.628. The van der Waals surface area contributed by atoms with Gasteiger partial charge in [0.05, 0.1) is 16.8 Å². The smallest absolute Gasteiger partial charge is 0.147 e. The highest BCUT2D eigenvalue weighted by Crippen LogP contribution is 2.33. The van der Waals surface area contributed by atoms with Gasteiger partial charge >= 0.3 is 0 Å². The molecule has 0 saturated carbocycles. The van der Waals surface area contributed by atoms with Crippen LogP contribution < -0.4 is 5.32 Å². The van der Waals surface area contributed by atoms with Gasteiger partial charge in [-0.05, 0) is 46.4 Å². The molecule has 90 valence electrons. The van der Waals surface area contributed by atoms with Crippen molar-refractivity contribution in [3.8, 4) is 0 Å². The third-order valence-corrected chi connectivity index (χ3v) is 4.73. The van der Waals surface area contributed by atoms with Crippen molar-refractivity contribution in [1.82, 2.24) is 0 Å². The first-order valence-electron chi connectivity index (χ1n) is 5.03. The second-order valence-electron chi connectivity index (χ2n) is 3.60. The maximum Gasteiger partial charge on any atom is 0.147 e. The number of thiophene rings is 1. The molecule has 0 fully saturated rings. The fourth-order valence-corrected chi connectivity index (χ4v) is 3.47. The van der Waals surface area contributed by atoms with Gasteiger partial charge in [-0.25, -0.2) is 4.39 Å². The Morgan fingerprint density at radius 2 is 2.18 bits per heavy atom. The zero-order valence-corrected chi connectivity index (χ0v) is 12.2. The molecule has 1 unspecified atom stereocenters. The molecule has 0 aliphatic heterocycles. The SMILES string of the molecule is CC(Nc1c(F)cccc1Cl)c1sccc1Br. The Morgan fingerprint density at radius 1 is 1.41 bits per heavy atom. The standard InChI is InChI=1S/C12H10BrClFNS/c1-7(12-8(13)5-6-17-12)16-11-9(14)3-2-4-10(11)15/h2-7,16H,1H3. The van der Waals surface area contributed by atoms with Gasteiger partial charge in [-0.15, -0.1) is 11.3 Å². The van der Waals surface area contributed by atoms with Crippen molar-refractivity contribution in [2.45, 2.75) is 13.0 Å². The number of hydrogen-bond acceptors (Lipinski definition) is 2. The van der Waals surface area contributed by atoms with Crippen molar-refractivity contribution in [3.05, 3.63) is 49.8 Å². The number of anilines is 1. The summed E-state index contributed by atoms with van der Waals surface area (Å²) in [6.07, 6.45) is 0. The summed E-state index contributed by atoms with van der Waals surface area (Å²) in [5.74, 6) is -0.336. The second-order valence-corrected chi connectivity index (χ2v) is 5.80. The summed E-state index contributed by atoms with van der Waals surface area (Å²) in [6.45, 7) is 1.97. The lowest BCUT2D eigenvalue weighted by Crippen LogP contribution is -2.07. The predicted molar refractivity (Wildman–Crippen MR) is 75.5 cm³/mol. The minimum absolute atomic E-state index is 0.00113. The minimum Gasteiger partial charge on any atom is -0.374 e. The summed E-state index contributed by atoms with van der Waals surface area (Å²) < 4.78 is 14.6. The molecule has 0 aliphatic rings. The van der Waals surface area contributed by atoms with E-state index in [-0.39, 0.29) is 11.9 Å². The molecule has 1 nitrogen and oxygen atoms in total. The summed E-state index contributed by atoms with van der Waals surface area (Å²) in [7, 11) is 0. The van der Waals surface area contributed by atoms with Crippen LogP contribution in [-0.2, 0) is 0 Å². The topological polar surface area (TPSA) is 12.0 Å². The van der Waals surface area contributed by atoms with Gasteiger partial charge in [0, 0.05) is 9.35 Å². The van der Waals surface area contributed by atoms with Crippen LogP contribution in [0.4, 0.5) is 10.1 Å². The van der Waals surface area contributed by atoms with Gasteiger partial charge in [0.1, 0.15) is 5.82 Å². The maximum absolute atomic E-state index is 13.6. The fourth-order valence-electron chi connectivity index (χ4n) is 1.53. The van der Waals surface area contributed by atoms with Crippen molar-refractivity contribution >= 4 is 44.6 Å². The zero-order chi connectivity index (χ0) is 12.4. The normalized spacial score (nSPS) is 12.5. The largest absolute Gasteiger partial charge is 0.374 e. The molecule has 2 aromatic rings. The molecule has 1 atom stereocenters. The van der Waals surface area contributed by atoms with Crippen LogP contribution in [0, 0.1) is 5.82 Å². The third kappa shape index (κ3) is 2.81. The van der Waals surface area contributed by atoms with E-state index in [2.05, 4.69) is 21.2 Å². The molecule has 0 aliphatic carbocycles. The first-order valence-corrected chi connectivity index (χ1v) is 7.08. The summed E-state index contributed by atoms with van der Waals surface area (Å²) >= 11 is 11.0. The average Bonchev–Trinajstić information content (AvgIpc) is 2.70. The molecule has 0 saturated heterocycles. The Morgan fingerprint density at radius 3 is 2.76 bits per heavy atom. The number of rotatable bonds is 3. The van der Waals surface area contributed by atoms with Crippen molar-refractivity contribution in [2.75, 3.05) is 5.32 Å². The Hall–Kier alpha value is -0.580. The first-order chi connectivity index (χ1) is 8.09. The molecule has 1 aromatic carbocycles. The number of hydrogen-bond donors (Lipinski definition) is 1. The molecular weight excluding hydrogens is 325 g/mol. The van der Waals surface area contributed by atoms with E-state index in [4.69, 9.17) is 11.6 Å². The van der Waals surface area contributed by atoms with Gasteiger partial charge in [0.15, 0.2) is 0 Å². The summed E-state index contributed by atoms with van der Waals surface area (Å²) in [5.41, 5.74) is 0.349. The van der Waals surface area contributed by atoms with E-state index in [1.807, 2.05) is 18.4 Å². The number of halogens is 3. The van der Waals surface area contributed by atoms with Gasteiger partial charge in [-0.1, -0.05) is 17.7 Å². The minimum atomic E-state index is -0.336. The van der Waals surface area contributed by atoms with E-state index >= 15 is 0 Å². The average molecular weight is 335 g/mol. The number of benzene rings is 1. The Labute approximate surface area is 117 Å². The molecule has 0 bridgehead atoms. The van der Waals surface area contributed by atoms with Crippen LogP contribution in [-0.4, -0.2) is 0 Å². The van der Waals surface area contributed by atoms with E-state index in [0.717, 1.165) is 9.35 Å². The van der Waals surface area contributed by atoms with Gasteiger partial charge in [-0.3, -0.25) is 0 Å². The highest BCUT2D eigenvalue weighted by Gasteiger charge is 2.14. The molecule has 2 rings (SSSR count). The van der Waals surface area contributed by atoms with E-state index in [9.17, 15) is 4.39 Å². The van der Waals surface area contributed by atoms with Gasteiger partial charge < -0.3 is 5.32 Å². The van der Waals surface area contributed by atoms with Gasteiger partial charge in [-0.2, -0.15) is 0 Å². The van der Waals surface area contributed by atoms with E-state index < -0.39 is 0 Å². The monoisotopic (exact) mass is 333 g/mol. The summed E-state index contributed by atoms with van der Waals surface area (Å²) in [4.78, 5) is 1.12. The molecule has 1 heterocycles. The molecule has 0 amide bonds. The first kappa shape index (κ1) is 12.9. The van der Waals surface area contributed by atoms with Crippen molar-refractivity contribution in [2.24, 2.45) is 0 Å². The zero-order valence-electron chi connectivity index (χ0n) is 9.01. The van der Waals surface area contributed by atoms with E-state index in [1.165, 1.54) is 6.07 Å². The molecule has 17 heavy (non-hydrogen) atoms. The maximum atomic E-state index is 13.6. The fraction of sp³-hybridized carbons (Fsp3) is 0.167. The molecular formula is C12H10BrClFNS. The summed E-state index contributed by atoms with van der Waals surface area (Å²) in [5, 5.41) is 5.47. The van der Waals surface area contributed by atoms with Crippen LogP contribution in [0.3, 0.4) is 0 Å². The van der Waals surface area contributed by atoms with Crippen LogP contribution in [0.5, 0.6) is 0 Å². The summed E-state index contributed by atoms with van der Waals surface area (Å²) in [6, 6.07) is 6.63. The van der Waals surface area contributed by atoms with E-state index in [1.54, 1.807) is 23.5 Å². The number of nitrogens with one attached hydrogen (secondary N) is 1. The van der Waals surface area contributed by atoms with E-state index in [0.29, 0.717) is 10.7 Å². The lowest BCUT2D eigenvalue weighted by Gasteiger charge is -2.16. The van der Waals surface area contributed by atoms with Crippen LogP contribution in [0.2, 0.25) is 5.02 Å².